The van der Waals surface area contributed by atoms with E-state index in [4.69, 9.17) is 35.3 Å². The second-order valence-electron chi connectivity index (χ2n) is 11.1. The van der Waals surface area contributed by atoms with Crippen molar-refractivity contribution in [2.75, 3.05) is 6.61 Å². The summed E-state index contributed by atoms with van der Waals surface area (Å²) in [5.74, 6) is -2.66. The van der Waals surface area contributed by atoms with Crippen molar-refractivity contribution in [1.29, 1.82) is 0 Å². The highest BCUT2D eigenvalue weighted by atomic mass is 35.5. The van der Waals surface area contributed by atoms with Gasteiger partial charge in [0.15, 0.2) is 30.4 Å². The van der Waals surface area contributed by atoms with E-state index in [2.05, 4.69) is 4.98 Å². The number of esters is 3. The van der Waals surface area contributed by atoms with E-state index in [0.717, 1.165) is 13.8 Å². The molecule has 3 aromatic rings. The molecule has 1 aromatic heterocycles. The van der Waals surface area contributed by atoms with Gasteiger partial charge in [0.2, 0.25) is 5.78 Å². The minimum absolute atomic E-state index is 0.0101. The zero-order valence-electron chi connectivity index (χ0n) is 25.9. The number of carbonyl (C=O) groups excluding carboxylic acids is 5. The lowest BCUT2D eigenvalue weighted by Crippen LogP contribution is -2.61. The molecular weight excluding hydrogens is 636 g/mol. The predicted molar refractivity (Wildman–Crippen MR) is 166 cm³/mol. The smallest absolute Gasteiger partial charge is 0.303 e. The molecule has 0 N–H and O–H groups in total. The number of fused-ring (bicyclic) bond motifs is 4. The van der Waals surface area contributed by atoms with Gasteiger partial charge in [0.05, 0.1) is 28.8 Å². The molecule has 2 aliphatic heterocycles. The number of ketones is 2. The van der Waals surface area contributed by atoms with Crippen LogP contribution in [0.25, 0.3) is 22.7 Å². The van der Waals surface area contributed by atoms with Gasteiger partial charge in [-0.1, -0.05) is 29.8 Å². The van der Waals surface area contributed by atoms with E-state index >= 15 is 0 Å². The zero-order valence-corrected chi connectivity index (χ0v) is 26.6. The molecule has 0 spiro atoms. The van der Waals surface area contributed by atoms with Crippen molar-refractivity contribution in [3.63, 3.8) is 0 Å². The van der Waals surface area contributed by atoms with Gasteiger partial charge in [-0.15, -0.1) is 0 Å². The van der Waals surface area contributed by atoms with E-state index in [1.165, 1.54) is 24.5 Å². The molecule has 3 heterocycles. The van der Waals surface area contributed by atoms with Crippen LogP contribution in [0.5, 0.6) is 0 Å². The molecule has 13 nitrogen and oxygen atoms in total. The minimum atomic E-state index is -1.31. The van der Waals surface area contributed by atoms with Gasteiger partial charge in [-0.25, -0.2) is 4.98 Å². The second-order valence-corrected chi connectivity index (χ2v) is 11.5. The highest BCUT2D eigenvalue weighted by Gasteiger charge is 2.52. The Morgan fingerprint density at radius 3 is 2.28 bits per heavy atom. The van der Waals surface area contributed by atoms with E-state index in [-0.39, 0.29) is 36.4 Å². The number of hydrogen-bond acceptors (Lipinski definition) is 12. The Morgan fingerprint density at radius 1 is 0.915 bits per heavy atom. The summed E-state index contributed by atoms with van der Waals surface area (Å²) in [6.07, 6.45) is -2.47. The summed E-state index contributed by atoms with van der Waals surface area (Å²) in [5.41, 5.74) is 1.25. The second kappa shape index (κ2) is 14.0. The van der Waals surface area contributed by atoms with E-state index in [1.54, 1.807) is 42.5 Å². The van der Waals surface area contributed by atoms with Crippen LogP contribution in [0.1, 0.15) is 62.3 Å². The summed E-state index contributed by atoms with van der Waals surface area (Å²) in [6.45, 7) is 4.78. The molecule has 2 aromatic carbocycles. The summed E-state index contributed by atoms with van der Waals surface area (Å²) >= 11 is 6.06. The van der Waals surface area contributed by atoms with Crippen LogP contribution in [0, 0.1) is 0 Å². The molecule has 5 atom stereocenters. The molecule has 1 fully saturated rings. The third-order valence-electron chi connectivity index (χ3n) is 7.48. The Bertz CT molecular complexity index is 1870. The lowest BCUT2D eigenvalue weighted by atomic mass is 9.94. The maximum absolute atomic E-state index is 13.5. The average molecular weight is 667 g/mol. The summed E-state index contributed by atoms with van der Waals surface area (Å²) < 4.78 is 29.6. The van der Waals surface area contributed by atoms with Crippen LogP contribution in [0.15, 0.2) is 47.3 Å². The quantitative estimate of drug-likeness (QED) is 0.179. The molecule has 5 rings (SSSR count). The normalized spacial score (nSPS) is 21.7. The summed E-state index contributed by atoms with van der Waals surface area (Å²) in [4.78, 5) is 78.6. The topological polar surface area (TPSA) is 166 Å². The average Bonchev–Trinajstić information content (AvgIpc) is 3.27. The van der Waals surface area contributed by atoms with Crippen molar-refractivity contribution in [3.05, 3.63) is 74.8 Å². The maximum atomic E-state index is 13.5. The molecule has 0 aliphatic carbocycles. The fraction of sp³-hybridized carbons (Fsp3) is 0.364. The zero-order chi connectivity index (χ0) is 34.0. The minimum Gasteiger partial charge on any atom is -0.456 e. The lowest BCUT2D eigenvalue weighted by molar-refractivity contribution is -0.302. The number of halogens is 1. The monoisotopic (exact) mass is 666 g/mol. The van der Waals surface area contributed by atoms with E-state index < -0.39 is 60.0 Å². The van der Waals surface area contributed by atoms with Gasteiger partial charge in [-0.05, 0) is 49.2 Å². The number of Topliss-reactive ketones (excluding diaryl/α,β-unsaturated/α-hetero) is 1. The first kappa shape index (κ1) is 33.6. The van der Waals surface area contributed by atoms with E-state index in [9.17, 15) is 28.8 Å². The maximum Gasteiger partial charge on any atom is 0.303 e. The van der Waals surface area contributed by atoms with Gasteiger partial charge in [0, 0.05) is 32.2 Å². The first-order valence-electron chi connectivity index (χ1n) is 14.7. The van der Waals surface area contributed by atoms with Crippen molar-refractivity contribution in [2.45, 2.75) is 71.2 Å². The van der Waals surface area contributed by atoms with Crippen molar-refractivity contribution >= 4 is 58.1 Å². The van der Waals surface area contributed by atoms with Gasteiger partial charge >= 0.3 is 17.9 Å². The Balaban J connectivity index is 1.38. The van der Waals surface area contributed by atoms with E-state index in [0.29, 0.717) is 27.4 Å². The Morgan fingerprint density at radius 2 is 1.60 bits per heavy atom. The SMILES string of the molecule is CC(=O)CCC1OC(OCC=Cc2ccc3nc4n(c(=O)c3c2)-c2ccc(Cl)cc2C4=O)C(OC(C)=O)C(OC(C)=O)C1OC(C)=O. The molecule has 0 saturated carbocycles. The highest BCUT2D eigenvalue weighted by molar-refractivity contribution is 6.31. The molecule has 47 heavy (non-hydrogen) atoms. The van der Waals surface area contributed by atoms with Gasteiger partial charge in [-0.2, -0.15) is 0 Å². The summed E-state index contributed by atoms with van der Waals surface area (Å²) in [5, 5.41) is 0.652. The number of aromatic nitrogens is 2. The number of ether oxygens (including phenoxy) is 5. The van der Waals surface area contributed by atoms with E-state index in [1.807, 2.05) is 0 Å². The van der Waals surface area contributed by atoms with Crippen LogP contribution in [0.3, 0.4) is 0 Å². The molecular formula is C33H31ClN2O11. The predicted octanol–water partition coefficient (Wildman–Crippen LogP) is 3.50. The molecule has 5 unspecified atom stereocenters. The largest absolute Gasteiger partial charge is 0.456 e. The molecule has 14 heteroatoms. The summed E-state index contributed by atoms with van der Waals surface area (Å²) in [6, 6.07) is 9.67. The molecule has 2 aliphatic rings. The number of nitrogens with zero attached hydrogens (tertiary/aromatic N) is 2. The van der Waals surface area contributed by atoms with Crippen LogP contribution >= 0.6 is 11.6 Å². The van der Waals surface area contributed by atoms with Crippen molar-refractivity contribution in [2.24, 2.45) is 0 Å². The molecule has 0 radical (unpaired) electrons. The number of carbonyl (C=O) groups is 5. The molecule has 0 amide bonds. The van der Waals surface area contributed by atoms with Crippen molar-refractivity contribution in [1.82, 2.24) is 9.55 Å². The third kappa shape index (κ3) is 7.32. The first-order chi connectivity index (χ1) is 22.3. The van der Waals surface area contributed by atoms with Crippen molar-refractivity contribution in [3.8, 4) is 5.69 Å². The van der Waals surface area contributed by atoms with Crippen LogP contribution in [0.2, 0.25) is 5.02 Å². The fourth-order valence-corrected chi connectivity index (χ4v) is 5.76. The van der Waals surface area contributed by atoms with Crippen molar-refractivity contribution < 1.29 is 47.7 Å². The van der Waals surface area contributed by atoms with Crippen LogP contribution in [-0.4, -0.2) is 76.3 Å². The molecule has 1 saturated heterocycles. The Labute approximate surface area is 273 Å². The van der Waals surface area contributed by atoms with Gasteiger partial charge < -0.3 is 28.5 Å². The van der Waals surface area contributed by atoms with Crippen LogP contribution in [-0.2, 0) is 42.9 Å². The standard InChI is InChI=1S/C33H31ClN2O11/c1-16(37)7-12-26-28(44-17(2)38)29(45-18(3)39)30(46-19(4)40)33(47-26)43-13-5-6-20-8-10-24-22(14-20)32(42)36-25-11-9-21(34)15-23(25)27(41)31(36)35-24/h5-6,8-11,14-15,26,28-30,33H,7,12-13H2,1-4H3. The fourth-order valence-electron chi connectivity index (χ4n) is 5.59. The Hall–Kier alpha value is -4.72. The Kier molecular flexibility index (Phi) is 9.99. The van der Waals surface area contributed by atoms with Crippen LogP contribution in [0.4, 0.5) is 0 Å². The van der Waals surface area contributed by atoms with Gasteiger partial charge in [0.25, 0.3) is 5.56 Å². The van der Waals surface area contributed by atoms with Crippen LogP contribution < -0.4 is 5.56 Å². The molecule has 246 valence electrons. The van der Waals surface area contributed by atoms with Gasteiger partial charge in [-0.3, -0.25) is 28.5 Å². The first-order valence-corrected chi connectivity index (χ1v) is 15.1. The third-order valence-corrected chi connectivity index (χ3v) is 7.72. The number of benzene rings is 2. The lowest BCUT2D eigenvalue weighted by Gasteiger charge is -2.44. The van der Waals surface area contributed by atoms with Gasteiger partial charge in [0.1, 0.15) is 11.9 Å². The molecule has 0 bridgehead atoms. The number of rotatable bonds is 10. The summed E-state index contributed by atoms with van der Waals surface area (Å²) in [7, 11) is 0. The highest BCUT2D eigenvalue weighted by Crippen LogP contribution is 2.32. The number of hydrogen-bond donors (Lipinski definition) is 0.